The molecule has 0 aromatic rings. The summed E-state index contributed by atoms with van der Waals surface area (Å²) < 4.78 is 10.8. The lowest BCUT2D eigenvalue weighted by Crippen LogP contribution is -2.46. The minimum absolute atomic E-state index is 0.123. The highest BCUT2D eigenvalue weighted by atomic mass is 16.5. The van der Waals surface area contributed by atoms with Crippen molar-refractivity contribution in [3.63, 3.8) is 0 Å². The molecule has 2 rings (SSSR count). The van der Waals surface area contributed by atoms with Crippen molar-refractivity contribution in [2.24, 2.45) is 11.8 Å². The molecule has 156 valence electrons. The predicted molar refractivity (Wildman–Crippen MR) is 105 cm³/mol. The minimum atomic E-state index is 0.123. The quantitative estimate of drug-likeness (QED) is 0.384. The van der Waals surface area contributed by atoms with E-state index in [1.165, 1.54) is 0 Å². The van der Waals surface area contributed by atoms with E-state index in [0.717, 1.165) is 64.4 Å². The summed E-state index contributed by atoms with van der Waals surface area (Å²) in [5.74, 6) is 0.553. The zero-order valence-electron chi connectivity index (χ0n) is 16.8. The number of likely N-dealkylation sites (tertiary alicyclic amines) is 1. The Morgan fingerprint density at radius 3 is 2.19 bits per heavy atom. The normalized spacial score (nSPS) is 24.6. The molecule has 1 amide bonds. The van der Waals surface area contributed by atoms with E-state index in [2.05, 4.69) is 15.5 Å². The summed E-state index contributed by atoms with van der Waals surface area (Å²) in [5.41, 5.74) is 0. The molecule has 0 radical (unpaired) electrons. The third kappa shape index (κ3) is 8.25. The van der Waals surface area contributed by atoms with Gasteiger partial charge in [-0.3, -0.25) is 4.79 Å². The van der Waals surface area contributed by atoms with Crippen LogP contribution in [0.5, 0.6) is 0 Å². The molecule has 0 unspecified atom stereocenters. The summed E-state index contributed by atoms with van der Waals surface area (Å²) in [6.45, 7) is 5.75. The second kappa shape index (κ2) is 13.2. The molecule has 0 spiro atoms. The Labute approximate surface area is 163 Å². The van der Waals surface area contributed by atoms with Gasteiger partial charge in [-0.25, -0.2) is 0 Å². The second-order valence-electron chi connectivity index (χ2n) is 7.63. The molecule has 27 heavy (non-hydrogen) atoms. The van der Waals surface area contributed by atoms with E-state index in [9.17, 15) is 9.59 Å². The number of aldehydes is 1. The van der Waals surface area contributed by atoms with E-state index in [-0.39, 0.29) is 17.7 Å². The Hall–Kier alpha value is -1.02. The standard InChI is InChI=1S/C20H37N3O4/c1-21-8-12-26-14-15-27-13-9-22-20(25)18-6-10-23(11-7-18)19-4-2-17(16-24)3-5-19/h16-19,21H,2-15H2,1H3,(H,22,25). The van der Waals surface area contributed by atoms with Crippen molar-refractivity contribution in [2.75, 3.05) is 59.7 Å². The molecule has 1 saturated heterocycles. The predicted octanol–water partition coefficient (Wildman–Crippen LogP) is 0.825. The lowest BCUT2D eigenvalue weighted by atomic mass is 9.84. The fraction of sp³-hybridized carbons (Fsp3) is 0.900. The average Bonchev–Trinajstić information content (AvgIpc) is 2.72. The molecule has 2 fully saturated rings. The minimum Gasteiger partial charge on any atom is -0.378 e. The Bertz CT molecular complexity index is 419. The van der Waals surface area contributed by atoms with E-state index in [0.29, 0.717) is 39.0 Å². The SMILES string of the molecule is CNCCOCCOCCNC(=O)C1CCN(C2CCC(C=O)CC2)CC1. The number of carbonyl (C=O) groups is 2. The molecule has 7 nitrogen and oxygen atoms in total. The van der Waals surface area contributed by atoms with Crippen LogP contribution in [0.4, 0.5) is 0 Å². The zero-order valence-corrected chi connectivity index (χ0v) is 16.8. The van der Waals surface area contributed by atoms with Gasteiger partial charge in [0.25, 0.3) is 0 Å². The van der Waals surface area contributed by atoms with Crippen LogP contribution in [0.3, 0.4) is 0 Å². The van der Waals surface area contributed by atoms with E-state index in [4.69, 9.17) is 9.47 Å². The summed E-state index contributed by atoms with van der Waals surface area (Å²) in [6, 6.07) is 0.605. The molecule has 1 aliphatic carbocycles. The van der Waals surface area contributed by atoms with E-state index < -0.39 is 0 Å². The lowest BCUT2D eigenvalue weighted by molar-refractivity contribution is -0.127. The van der Waals surface area contributed by atoms with Crippen LogP contribution in [-0.2, 0) is 19.1 Å². The maximum Gasteiger partial charge on any atom is 0.223 e. The van der Waals surface area contributed by atoms with Gasteiger partial charge in [0.1, 0.15) is 6.29 Å². The van der Waals surface area contributed by atoms with Crippen molar-refractivity contribution < 1.29 is 19.1 Å². The molecule has 0 aromatic heterocycles. The highest BCUT2D eigenvalue weighted by Crippen LogP contribution is 2.29. The number of nitrogens with one attached hydrogen (secondary N) is 2. The summed E-state index contributed by atoms with van der Waals surface area (Å²) in [7, 11) is 1.90. The van der Waals surface area contributed by atoms with E-state index in [1.807, 2.05) is 7.05 Å². The molecule has 7 heteroatoms. The monoisotopic (exact) mass is 383 g/mol. The van der Waals surface area contributed by atoms with E-state index >= 15 is 0 Å². The van der Waals surface area contributed by atoms with Crippen molar-refractivity contribution in [3.05, 3.63) is 0 Å². The fourth-order valence-electron chi connectivity index (χ4n) is 4.02. The van der Waals surface area contributed by atoms with Gasteiger partial charge in [-0.15, -0.1) is 0 Å². The van der Waals surface area contributed by atoms with Crippen LogP contribution in [0.2, 0.25) is 0 Å². The first-order valence-electron chi connectivity index (χ1n) is 10.5. The molecule has 0 aromatic carbocycles. The van der Waals surface area contributed by atoms with Crippen molar-refractivity contribution in [1.82, 2.24) is 15.5 Å². The van der Waals surface area contributed by atoms with Crippen LogP contribution in [0.15, 0.2) is 0 Å². The molecular weight excluding hydrogens is 346 g/mol. The molecule has 0 atom stereocenters. The molecule has 1 aliphatic heterocycles. The average molecular weight is 384 g/mol. The summed E-state index contributed by atoms with van der Waals surface area (Å²) in [4.78, 5) is 25.7. The number of likely N-dealkylation sites (N-methyl/N-ethyl adjacent to an activating group) is 1. The number of rotatable bonds is 12. The Morgan fingerprint density at radius 2 is 1.59 bits per heavy atom. The first-order valence-corrected chi connectivity index (χ1v) is 10.5. The molecule has 2 N–H and O–H groups in total. The van der Waals surface area contributed by atoms with Gasteiger partial charge in [0.2, 0.25) is 5.91 Å². The number of ether oxygens (including phenoxy) is 2. The largest absolute Gasteiger partial charge is 0.378 e. The van der Waals surface area contributed by atoms with E-state index in [1.54, 1.807) is 0 Å². The fourth-order valence-corrected chi connectivity index (χ4v) is 4.02. The van der Waals surface area contributed by atoms with Crippen LogP contribution in [0.25, 0.3) is 0 Å². The highest BCUT2D eigenvalue weighted by molar-refractivity contribution is 5.78. The number of piperidine rings is 1. The van der Waals surface area contributed by atoms with Crippen molar-refractivity contribution in [1.29, 1.82) is 0 Å². The van der Waals surface area contributed by atoms with Gasteiger partial charge in [-0.1, -0.05) is 0 Å². The van der Waals surface area contributed by atoms with Crippen molar-refractivity contribution >= 4 is 12.2 Å². The smallest absolute Gasteiger partial charge is 0.223 e. The molecule has 0 bridgehead atoms. The summed E-state index contributed by atoms with van der Waals surface area (Å²) in [6.07, 6.45) is 7.27. The zero-order chi connectivity index (χ0) is 19.3. The number of nitrogens with zero attached hydrogens (tertiary/aromatic N) is 1. The van der Waals surface area contributed by atoms with Gasteiger partial charge < -0.3 is 29.8 Å². The maximum absolute atomic E-state index is 12.3. The van der Waals surface area contributed by atoms with Gasteiger partial charge in [0.05, 0.1) is 26.4 Å². The summed E-state index contributed by atoms with van der Waals surface area (Å²) >= 11 is 0. The molecule has 1 heterocycles. The Morgan fingerprint density at radius 1 is 0.963 bits per heavy atom. The Balaban J connectivity index is 1.49. The third-order valence-corrected chi connectivity index (χ3v) is 5.76. The van der Waals surface area contributed by atoms with Crippen LogP contribution < -0.4 is 10.6 Å². The molecule has 1 saturated carbocycles. The summed E-state index contributed by atoms with van der Waals surface area (Å²) in [5, 5.41) is 6.02. The van der Waals surface area contributed by atoms with Crippen LogP contribution >= 0.6 is 0 Å². The molecular formula is C20H37N3O4. The highest BCUT2D eigenvalue weighted by Gasteiger charge is 2.30. The number of hydrogen-bond donors (Lipinski definition) is 2. The van der Waals surface area contributed by atoms with Gasteiger partial charge >= 0.3 is 0 Å². The van der Waals surface area contributed by atoms with Gasteiger partial charge in [-0.05, 0) is 58.7 Å². The van der Waals surface area contributed by atoms with Crippen molar-refractivity contribution in [3.8, 4) is 0 Å². The van der Waals surface area contributed by atoms with Crippen LogP contribution in [0, 0.1) is 11.8 Å². The topological polar surface area (TPSA) is 79.9 Å². The first kappa shape index (κ1) is 22.3. The number of carbonyl (C=O) groups excluding carboxylic acids is 2. The lowest BCUT2D eigenvalue weighted by Gasteiger charge is -2.39. The third-order valence-electron chi connectivity index (χ3n) is 5.76. The van der Waals surface area contributed by atoms with Gasteiger partial charge in [-0.2, -0.15) is 0 Å². The number of hydrogen-bond acceptors (Lipinski definition) is 6. The van der Waals surface area contributed by atoms with Crippen molar-refractivity contribution in [2.45, 2.75) is 44.6 Å². The van der Waals surface area contributed by atoms with Crippen LogP contribution in [-0.4, -0.2) is 82.8 Å². The maximum atomic E-state index is 12.3. The van der Waals surface area contributed by atoms with Gasteiger partial charge in [0.15, 0.2) is 0 Å². The number of amides is 1. The van der Waals surface area contributed by atoms with Gasteiger partial charge in [0, 0.05) is 31.0 Å². The van der Waals surface area contributed by atoms with Crippen LogP contribution in [0.1, 0.15) is 38.5 Å². The second-order valence-corrected chi connectivity index (χ2v) is 7.63. The first-order chi connectivity index (χ1) is 13.2. The molecule has 2 aliphatic rings. The Kier molecular flexibility index (Phi) is 10.9.